The number of ether oxygens (including phenoxy) is 4. The molecule has 0 atom stereocenters. The van der Waals surface area contributed by atoms with Crippen LogP contribution in [0.4, 0.5) is 0 Å². The minimum absolute atomic E-state index is 0.292. The van der Waals surface area contributed by atoms with Crippen LogP contribution in [0.3, 0.4) is 0 Å². The lowest BCUT2D eigenvalue weighted by Crippen LogP contribution is -2.26. The third-order valence-electron chi connectivity index (χ3n) is 4.63. The Morgan fingerprint density at radius 3 is 1.29 bits per heavy atom. The fraction of sp³-hybridized carbons (Fsp3) is 0.238. The van der Waals surface area contributed by atoms with Crippen molar-refractivity contribution in [1.29, 1.82) is 0 Å². The lowest BCUT2D eigenvalue weighted by molar-refractivity contribution is -0.134. The SMILES string of the molecule is COc1ccc(C2=C(c3ccc(OC)c(OC)c3)C(=O)N(C)C2=O)cc1OC. The van der Waals surface area contributed by atoms with Gasteiger partial charge in [-0.05, 0) is 35.4 Å². The first kappa shape index (κ1) is 19.3. The van der Waals surface area contributed by atoms with Crippen LogP contribution in [-0.4, -0.2) is 52.2 Å². The molecule has 0 N–H and O–H groups in total. The van der Waals surface area contributed by atoms with E-state index in [-0.39, 0.29) is 11.8 Å². The van der Waals surface area contributed by atoms with Gasteiger partial charge < -0.3 is 18.9 Å². The summed E-state index contributed by atoms with van der Waals surface area (Å²) in [7, 11) is 7.55. The van der Waals surface area contributed by atoms with Gasteiger partial charge >= 0.3 is 0 Å². The Labute approximate surface area is 163 Å². The molecular formula is C21H21NO6. The quantitative estimate of drug-likeness (QED) is 0.714. The Hall–Kier alpha value is -3.48. The second kappa shape index (κ2) is 7.64. The maximum Gasteiger partial charge on any atom is 0.261 e. The summed E-state index contributed by atoms with van der Waals surface area (Å²) < 4.78 is 21.2. The van der Waals surface area contributed by atoms with E-state index in [9.17, 15) is 9.59 Å². The van der Waals surface area contributed by atoms with Gasteiger partial charge in [0, 0.05) is 7.05 Å². The Morgan fingerprint density at radius 2 is 0.964 bits per heavy atom. The van der Waals surface area contributed by atoms with Crippen molar-refractivity contribution >= 4 is 23.0 Å². The number of carbonyl (C=O) groups is 2. The van der Waals surface area contributed by atoms with Gasteiger partial charge in [-0.1, -0.05) is 12.1 Å². The van der Waals surface area contributed by atoms with E-state index in [2.05, 4.69) is 0 Å². The van der Waals surface area contributed by atoms with Gasteiger partial charge in [0.05, 0.1) is 39.6 Å². The highest BCUT2D eigenvalue weighted by Crippen LogP contribution is 2.40. The van der Waals surface area contributed by atoms with Crippen molar-refractivity contribution in [2.75, 3.05) is 35.5 Å². The lowest BCUT2D eigenvalue weighted by atomic mass is 9.95. The van der Waals surface area contributed by atoms with E-state index in [0.29, 0.717) is 45.3 Å². The van der Waals surface area contributed by atoms with Crippen LogP contribution in [-0.2, 0) is 9.59 Å². The normalized spacial score (nSPS) is 13.8. The predicted octanol–water partition coefficient (Wildman–Crippen LogP) is 2.63. The first-order valence-electron chi connectivity index (χ1n) is 8.48. The molecule has 1 aliphatic heterocycles. The minimum atomic E-state index is -0.387. The van der Waals surface area contributed by atoms with Gasteiger partial charge in [-0.3, -0.25) is 14.5 Å². The van der Waals surface area contributed by atoms with E-state index in [4.69, 9.17) is 18.9 Å². The second-order valence-corrected chi connectivity index (χ2v) is 6.06. The summed E-state index contributed by atoms with van der Waals surface area (Å²) in [4.78, 5) is 26.8. The third-order valence-corrected chi connectivity index (χ3v) is 4.63. The molecule has 2 aromatic rings. The lowest BCUT2D eigenvalue weighted by Gasteiger charge is -2.12. The molecule has 3 rings (SSSR count). The fourth-order valence-electron chi connectivity index (χ4n) is 3.16. The highest BCUT2D eigenvalue weighted by molar-refractivity contribution is 6.48. The molecule has 0 aromatic heterocycles. The number of benzene rings is 2. The third kappa shape index (κ3) is 3.05. The van der Waals surface area contributed by atoms with Gasteiger partial charge in [0.25, 0.3) is 11.8 Å². The second-order valence-electron chi connectivity index (χ2n) is 6.06. The minimum Gasteiger partial charge on any atom is -0.493 e. The molecule has 0 saturated carbocycles. The summed E-state index contributed by atoms with van der Waals surface area (Å²) in [5, 5.41) is 0. The molecule has 1 aliphatic rings. The molecule has 0 bridgehead atoms. The molecule has 0 saturated heterocycles. The van der Waals surface area contributed by atoms with Crippen molar-refractivity contribution in [1.82, 2.24) is 4.90 Å². The molecule has 2 aromatic carbocycles. The number of carbonyl (C=O) groups excluding carboxylic acids is 2. The van der Waals surface area contributed by atoms with E-state index in [1.165, 1.54) is 35.5 Å². The highest BCUT2D eigenvalue weighted by atomic mass is 16.5. The van der Waals surface area contributed by atoms with Crippen LogP contribution in [0.25, 0.3) is 11.1 Å². The number of likely N-dealkylation sites (N-methyl/N-ethyl adjacent to an activating group) is 1. The molecule has 2 amide bonds. The zero-order valence-corrected chi connectivity index (χ0v) is 16.4. The van der Waals surface area contributed by atoms with E-state index < -0.39 is 0 Å². The maximum absolute atomic E-state index is 12.9. The summed E-state index contributed by atoms with van der Waals surface area (Å²) in [6, 6.07) is 10.2. The average Bonchev–Trinajstić information content (AvgIpc) is 2.96. The average molecular weight is 383 g/mol. The van der Waals surface area contributed by atoms with E-state index in [1.807, 2.05) is 0 Å². The smallest absolute Gasteiger partial charge is 0.261 e. The van der Waals surface area contributed by atoms with Gasteiger partial charge in [-0.25, -0.2) is 0 Å². The highest BCUT2D eigenvalue weighted by Gasteiger charge is 2.37. The molecule has 1 heterocycles. The zero-order chi connectivity index (χ0) is 20.4. The van der Waals surface area contributed by atoms with Crippen molar-refractivity contribution in [3.63, 3.8) is 0 Å². The molecule has 0 spiro atoms. The number of rotatable bonds is 6. The van der Waals surface area contributed by atoms with Gasteiger partial charge in [0.15, 0.2) is 23.0 Å². The Morgan fingerprint density at radius 1 is 0.607 bits per heavy atom. The standard InChI is InChI=1S/C21H21NO6/c1-22-20(23)18(12-6-8-14(25-2)16(10-12)27-4)19(21(22)24)13-7-9-15(26-3)17(11-13)28-5/h6-11H,1-5H3. The molecule has 7 heteroatoms. The molecule has 146 valence electrons. The van der Waals surface area contributed by atoms with Crippen molar-refractivity contribution in [3.8, 4) is 23.0 Å². The first-order valence-corrected chi connectivity index (χ1v) is 8.48. The largest absolute Gasteiger partial charge is 0.493 e. The topological polar surface area (TPSA) is 74.3 Å². The van der Waals surface area contributed by atoms with Crippen LogP contribution >= 0.6 is 0 Å². The summed E-state index contributed by atoms with van der Waals surface area (Å²) in [6.45, 7) is 0. The monoisotopic (exact) mass is 383 g/mol. The number of methoxy groups -OCH3 is 4. The van der Waals surface area contributed by atoms with E-state index >= 15 is 0 Å². The van der Waals surface area contributed by atoms with Crippen molar-refractivity contribution in [2.24, 2.45) is 0 Å². The van der Waals surface area contributed by atoms with Crippen LogP contribution in [0.2, 0.25) is 0 Å². The Bertz CT molecular complexity index is 901. The molecule has 0 unspecified atom stereocenters. The fourth-order valence-corrected chi connectivity index (χ4v) is 3.16. The molecule has 0 aliphatic carbocycles. The molecule has 7 nitrogen and oxygen atoms in total. The zero-order valence-electron chi connectivity index (χ0n) is 16.4. The summed E-state index contributed by atoms with van der Waals surface area (Å²) >= 11 is 0. The van der Waals surface area contributed by atoms with Crippen LogP contribution in [0.15, 0.2) is 36.4 Å². The number of hydrogen-bond donors (Lipinski definition) is 0. The van der Waals surface area contributed by atoms with Crippen molar-refractivity contribution in [3.05, 3.63) is 47.5 Å². The molecule has 28 heavy (non-hydrogen) atoms. The predicted molar refractivity (Wildman–Crippen MR) is 104 cm³/mol. The van der Waals surface area contributed by atoms with Crippen LogP contribution in [0, 0.1) is 0 Å². The summed E-state index contributed by atoms with van der Waals surface area (Å²) in [5.41, 5.74) is 1.71. The number of nitrogens with zero attached hydrogens (tertiary/aromatic N) is 1. The van der Waals surface area contributed by atoms with Crippen LogP contribution in [0.5, 0.6) is 23.0 Å². The number of imide groups is 1. The molecular weight excluding hydrogens is 362 g/mol. The molecule has 0 radical (unpaired) electrons. The van der Waals surface area contributed by atoms with Crippen molar-refractivity contribution in [2.45, 2.75) is 0 Å². The maximum atomic E-state index is 12.9. The van der Waals surface area contributed by atoms with Crippen molar-refractivity contribution < 1.29 is 28.5 Å². The number of amides is 2. The first-order chi connectivity index (χ1) is 13.5. The Balaban J connectivity index is 2.24. The summed E-state index contributed by atoms with van der Waals surface area (Å²) in [5.74, 6) is 1.22. The van der Waals surface area contributed by atoms with Gasteiger partial charge in [0.2, 0.25) is 0 Å². The number of hydrogen-bond acceptors (Lipinski definition) is 6. The van der Waals surface area contributed by atoms with Crippen LogP contribution in [0.1, 0.15) is 11.1 Å². The van der Waals surface area contributed by atoms with Gasteiger partial charge in [-0.15, -0.1) is 0 Å². The van der Waals surface area contributed by atoms with Crippen LogP contribution < -0.4 is 18.9 Å². The van der Waals surface area contributed by atoms with E-state index in [0.717, 1.165) is 4.90 Å². The Kier molecular flexibility index (Phi) is 5.26. The summed E-state index contributed by atoms with van der Waals surface area (Å²) in [6.07, 6.45) is 0. The van der Waals surface area contributed by atoms with E-state index in [1.54, 1.807) is 36.4 Å². The molecule has 0 fully saturated rings. The van der Waals surface area contributed by atoms with Gasteiger partial charge in [0.1, 0.15) is 0 Å². The van der Waals surface area contributed by atoms with Gasteiger partial charge in [-0.2, -0.15) is 0 Å².